The highest BCUT2D eigenvalue weighted by molar-refractivity contribution is 14.0. The zero-order chi connectivity index (χ0) is 20.6. The molecule has 2 aromatic rings. The first-order valence-electron chi connectivity index (χ1n) is 11.1. The summed E-state index contributed by atoms with van der Waals surface area (Å²) in [7, 11) is 0. The van der Waals surface area contributed by atoms with Crippen LogP contribution in [0.15, 0.2) is 40.2 Å². The lowest BCUT2D eigenvalue weighted by Gasteiger charge is -2.36. The quantitative estimate of drug-likeness (QED) is 0.328. The number of nitrogens with one attached hydrogen (secondary N) is 1. The van der Waals surface area contributed by atoms with Gasteiger partial charge in [-0.25, -0.2) is 9.98 Å². The van der Waals surface area contributed by atoms with E-state index in [-0.39, 0.29) is 24.0 Å². The van der Waals surface area contributed by atoms with Crippen LogP contribution in [0.4, 0.5) is 0 Å². The van der Waals surface area contributed by atoms with Gasteiger partial charge < -0.3 is 19.5 Å². The van der Waals surface area contributed by atoms with Gasteiger partial charge in [0.25, 0.3) is 0 Å². The Morgan fingerprint density at radius 1 is 1.23 bits per heavy atom. The van der Waals surface area contributed by atoms with Crippen LogP contribution in [0.3, 0.4) is 0 Å². The fourth-order valence-corrected chi connectivity index (χ4v) is 4.07. The molecule has 2 aromatic heterocycles. The summed E-state index contributed by atoms with van der Waals surface area (Å²) >= 11 is 0. The zero-order valence-electron chi connectivity index (χ0n) is 18.2. The summed E-state index contributed by atoms with van der Waals surface area (Å²) in [5, 5.41) is 7.46. The summed E-state index contributed by atoms with van der Waals surface area (Å²) in [6, 6.07) is 5.96. The second-order valence-corrected chi connectivity index (χ2v) is 7.92. The third kappa shape index (κ3) is 6.80. The van der Waals surface area contributed by atoms with Crippen LogP contribution in [0.5, 0.6) is 5.88 Å². The van der Waals surface area contributed by atoms with Crippen LogP contribution in [0.25, 0.3) is 0 Å². The predicted octanol–water partition coefficient (Wildman–Crippen LogP) is 3.29. The molecule has 0 amide bonds. The van der Waals surface area contributed by atoms with Gasteiger partial charge in [-0.15, -0.1) is 24.0 Å². The molecule has 1 N–H and O–H groups in total. The first-order chi connectivity index (χ1) is 14.8. The van der Waals surface area contributed by atoms with E-state index in [1.54, 1.807) is 12.5 Å². The molecule has 1 saturated carbocycles. The van der Waals surface area contributed by atoms with Crippen molar-refractivity contribution in [3.63, 3.8) is 0 Å². The highest BCUT2D eigenvalue weighted by atomic mass is 127. The third-order valence-electron chi connectivity index (χ3n) is 5.71. The molecule has 0 aromatic carbocycles. The maximum atomic E-state index is 6.17. The Kier molecular flexibility index (Phi) is 9.38. The van der Waals surface area contributed by atoms with Crippen LogP contribution in [0, 0.1) is 0 Å². The Morgan fingerprint density at radius 2 is 2.03 bits per heavy atom. The zero-order valence-corrected chi connectivity index (χ0v) is 20.5. The monoisotopic (exact) mass is 540 g/mol. The predicted molar refractivity (Wildman–Crippen MR) is 131 cm³/mol. The fourth-order valence-electron chi connectivity index (χ4n) is 4.07. The van der Waals surface area contributed by atoms with Crippen molar-refractivity contribution < 1.29 is 9.26 Å². The molecule has 0 unspecified atom stereocenters. The number of piperazine rings is 1. The van der Waals surface area contributed by atoms with Crippen LogP contribution < -0.4 is 10.1 Å². The molecule has 8 nitrogen and oxygen atoms in total. The molecule has 2 fully saturated rings. The lowest BCUT2D eigenvalue weighted by molar-refractivity contribution is 0.169. The van der Waals surface area contributed by atoms with Crippen molar-refractivity contribution in [3.05, 3.63) is 41.9 Å². The minimum atomic E-state index is 0. The summed E-state index contributed by atoms with van der Waals surface area (Å²) in [4.78, 5) is 14.1. The van der Waals surface area contributed by atoms with Crippen molar-refractivity contribution >= 4 is 29.9 Å². The van der Waals surface area contributed by atoms with Gasteiger partial charge in [-0.2, -0.15) is 0 Å². The molecule has 31 heavy (non-hydrogen) atoms. The van der Waals surface area contributed by atoms with Crippen molar-refractivity contribution in [3.8, 4) is 5.88 Å². The molecule has 2 aliphatic rings. The van der Waals surface area contributed by atoms with Gasteiger partial charge in [-0.05, 0) is 38.7 Å². The van der Waals surface area contributed by atoms with E-state index >= 15 is 0 Å². The number of pyridine rings is 1. The van der Waals surface area contributed by atoms with E-state index in [1.807, 2.05) is 12.1 Å². The Labute approximate surface area is 201 Å². The van der Waals surface area contributed by atoms with Gasteiger partial charge in [0, 0.05) is 57.1 Å². The first-order valence-corrected chi connectivity index (χ1v) is 11.1. The Balaban J connectivity index is 0.00000272. The topological polar surface area (TPSA) is 79.0 Å². The van der Waals surface area contributed by atoms with Gasteiger partial charge in [-0.1, -0.05) is 11.2 Å². The van der Waals surface area contributed by atoms with Crippen molar-refractivity contribution in [2.24, 2.45) is 4.99 Å². The normalized spacial score (nSPS) is 18.1. The van der Waals surface area contributed by atoms with Crippen LogP contribution in [-0.2, 0) is 13.1 Å². The number of rotatable bonds is 7. The Bertz CT molecular complexity index is 802. The molecule has 1 aliphatic carbocycles. The highest BCUT2D eigenvalue weighted by Crippen LogP contribution is 2.25. The first kappa shape index (κ1) is 23.8. The fraction of sp³-hybridized carbons (Fsp3) is 0.591. The van der Waals surface area contributed by atoms with E-state index in [2.05, 4.69) is 38.2 Å². The average Bonchev–Trinajstić information content (AvgIpc) is 3.47. The second-order valence-electron chi connectivity index (χ2n) is 7.92. The van der Waals surface area contributed by atoms with E-state index in [9.17, 15) is 0 Å². The lowest BCUT2D eigenvalue weighted by Crippen LogP contribution is -2.52. The number of hydrogen-bond donors (Lipinski definition) is 1. The standard InChI is InChI=1S/C22H32N6O2.HI/c1-2-23-22(28-13-11-27(12-14-28)17-19-9-15-29-26-19)25-16-18-6-5-10-24-21(18)30-20-7-3-4-8-20;/h5-6,9-10,15,20H,2-4,7-8,11-14,16-17H2,1H3,(H,23,25);1H. The lowest BCUT2D eigenvalue weighted by atomic mass is 10.2. The van der Waals surface area contributed by atoms with Crippen molar-refractivity contribution in [1.29, 1.82) is 0 Å². The van der Waals surface area contributed by atoms with Gasteiger partial charge in [0.05, 0.1) is 12.2 Å². The molecule has 0 bridgehead atoms. The molecule has 9 heteroatoms. The average molecular weight is 540 g/mol. The van der Waals surface area contributed by atoms with E-state index in [4.69, 9.17) is 14.3 Å². The van der Waals surface area contributed by atoms with Crippen molar-refractivity contribution in [2.45, 2.75) is 51.8 Å². The van der Waals surface area contributed by atoms with Crippen LogP contribution >= 0.6 is 24.0 Å². The Morgan fingerprint density at radius 3 is 2.74 bits per heavy atom. The third-order valence-corrected chi connectivity index (χ3v) is 5.71. The van der Waals surface area contributed by atoms with Crippen LogP contribution in [0.1, 0.15) is 43.9 Å². The molecule has 170 valence electrons. The number of aliphatic imine (C=N–C) groups is 1. The maximum absolute atomic E-state index is 6.17. The minimum absolute atomic E-state index is 0. The molecule has 4 rings (SSSR count). The number of nitrogens with zero attached hydrogens (tertiary/aromatic N) is 5. The van der Waals surface area contributed by atoms with Gasteiger partial charge in [0.15, 0.2) is 5.96 Å². The van der Waals surface area contributed by atoms with E-state index < -0.39 is 0 Å². The molecule has 0 radical (unpaired) electrons. The SMILES string of the molecule is CCNC(=NCc1cccnc1OC1CCCC1)N1CCN(Cc2ccon2)CC1.I. The summed E-state index contributed by atoms with van der Waals surface area (Å²) in [5.41, 5.74) is 2.03. The molecular weight excluding hydrogens is 507 g/mol. The number of ether oxygens (including phenoxy) is 1. The Hall–Kier alpha value is -1.88. The summed E-state index contributed by atoms with van der Waals surface area (Å²) in [6.45, 7) is 8.16. The van der Waals surface area contributed by atoms with Crippen molar-refractivity contribution in [1.82, 2.24) is 25.3 Å². The summed E-state index contributed by atoms with van der Waals surface area (Å²) < 4.78 is 11.1. The number of hydrogen-bond acceptors (Lipinski definition) is 6. The molecular formula is C22H33IN6O2. The molecule has 0 spiro atoms. The van der Waals surface area contributed by atoms with Gasteiger partial charge in [0.2, 0.25) is 5.88 Å². The minimum Gasteiger partial charge on any atom is -0.474 e. The second kappa shape index (κ2) is 12.2. The van der Waals surface area contributed by atoms with E-state index in [0.717, 1.165) is 75.2 Å². The molecule has 3 heterocycles. The van der Waals surface area contributed by atoms with Gasteiger partial charge in [0.1, 0.15) is 12.4 Å². The number of guanidine groups is 1. The number of aromatic nitrogens is 2. The highest BCUT2D eigenvalue weighted by Gasteiger charge is 2.21. The summed E-state index contributed by atoms with van der Waals surface area (Å²) in [5.74, 6) is 1.69. The molecule has 1 saturated heterocycles. The van der Waals surface area contributed by atoms with E-state index in [1.165, 1.54) is 12.8 Å². The largest absolute Gasteiger partial charge is 0.474 e. The van der Waals surface area contributed by atoms with Crippen LogP contribution in [-0.4, -0.2) is 64.7 Å². The number of halogens is 1. The maximum Gasteiger partial charge on any atom is 0.218 e. The van der Waals surface area contributed by atoms with Crippen molar-refractivity contribution in [2.75, 3.05) is 32.7 Å². The van der Waals surface area contributed by atoms with Gasteiger partial charge >= 0.3 is 0 Å². The van der Waals surface area contributed by atoms with Crippen LogP contribution in [0.2, 0.25) is 0 Å². The van der Waals surface area contributed by atoms with Gasteiger partial charge in [-0.3, -0.25) is 4.90 Å². The molecule has 1 aliphatic heterocycles. The molecule has 0 atom stereocenters. The van der Waals surface area contributed by atoms with E-state index in [0.29, 0.717) is 12.6 Å². The smallest absolute Gasteiger partial charge is 0.218 e. The summed E-state index contributed by atoms with van der Waals surface area (Å²) in [6.07, 6.45) is 8.48.